The van der Waals surface area contributed by atoms with E-state index in [-0.39, 0.29) is 25.2 Å². The Kier molecular flexibility index (Phi) is 6.71. The second kappa shape index (κ2) is 9.23. The normalized spacial score (nSPS) is 12.3. The minimum Gasteiger partial charge on any atom is -0.454 e. The topological polar surface area (TPSA) is 84.0 Å². The Labute approximate surface area is 174 Å². The smallest absolute Gasteiger partial charge is 0.254 e. The Bertz CT molecular complexity index is 877. The van der Waals surface area contributed by atoms with E-state index >= 15 is 0 Å². The molecule has 9 heteroatoms. The maximum absolute atomic E-state index is 13.1. The van der Waals surface area contributed by atoms with Gasteiger partial charge < -0.3 is 24.6 Å². The van der Waals surface area contributed by atoms with Gasteiger partial charge in [-0.05, 0) is 59.1 Å². The van der Waals surface area contributed by atoms with E-state index in [1.165, 1.54) is 11.3 Å². The predicted molar refractivity (Wildman–Crippen MR) is 112 cm³/mol. The van der Waals surface area contributed by atoms with Crippen LogP contribution in [0.2, 0.25) is 0 Å². The van der Waals surface area contributed by atoms with Crippen LogP contribution in [0.4, 0.5) is 5.13 Å². The molecule has 0 bridgehead atoms. The molecule has 1 aliphatic rings. The zero-order chi connectivity index (χ0) is 21.0. The van der Waals surface area contributed by atoms with Gasteiger partial charge in [-0.1, -0.05) is 0 Å². The highest BCUT2D eigenvalue weighted by atomic mass is 32.1. The van der Waals surface area contributed by atoms with Crippen LogP contribution in [0.3, 0.4) is 0 Å². The fraction of sp³-hybridized carbons (Fsp3) is 0.450. The number of amides is 2. The van der Waals surface area contributed by atoms with E-state index in [1.807, 2.05) is 32.8 Å². The van der Waals surface area contributed by atoms with E-state index < -0.39 is 0 Å². The number of aryl methyl sites for hydroxylation is 2. The third kappa shape index (κ3) is 5.45. The summed E-state index contributed by atoms with van der Waals surface area (Å²) in [5, 5.41) is 3.35. The summed E-state index contributed by atoms with van der Waals surface area (Å²) in [5.74, 6) is 0.677. The van der Waals surface area contributed by atoms with E-state index in [9.17, 15) is 9.59 Å². The van der Waals surface area contributed by atoms with Gasteiger partial charge in [0.25, 0.3) is 5.91 Å². The number of carbonyl (C=O) groups excluding carboxylic acids is 2. The highest BCUT2D eigenvalue weighted by molar-refractivity contribution is 7.15. The van der Waals surface area contributed by atoms with Crippen LogP contribution in [0.15, 0.2) is 18.2 Å². The molecule has 156 valence electrons. The van der Waals surface area contributed by atoms with Gasteiger partial charge in [-0.2, -0.15) is 0 Å². The number of aromatic nitrogens is 1. The number of fused-ring (bicyclic) bond motifs is 1. The molecule has 0 atom stereocenters. The van der Waals surface area contributed by atoms with Crippen molar-refractivity contribution in [2.75, 3.05) is 45.8 Å². The van der Waals surface area contributed by atoms with Gasteiger partial charge in [-0.15, -0.1) is 11.3 Å². The third-order valence-corrected chi connectivity index (χ3v) is 5.54. The molecule has 3 rings (SSSR count). The van der Waals surface area contributed by atoms with Gasteiger partial charge in [-0.3, -0.25) is 9.59 Å². The van der Waals surface area contributed by atoms with Crippen LogP contribution >= 0.6 is 11.3 Å². The quantitative estimate of drug-likeness (QED) is 0.709. The highest BCUT2D eigenvalue weighted by Crippen LogP contribution is 2.32. The number of hydrogen-bond acceptors (Lipinski definition) is 7. The van der Waals surface area contributed by atoms with Gasteiger partial charge in [0.05, 0.1) is 5.69 Å². The minimum atomic E-state index is -0.266. The molecule has 0 saturated heterocycles. The molecule has 0 fully saturated rings. The lowest BCUT2D eigenvalue weighted by Gasteiger charge is -2.23. The Balaban J connectivity index is 1.70. The number of nitrogens with one attached hydrogen (secondary N) is 1. The van der Waals surface area contributed by atoms with Gasteiger partial charge in [0.1, 0.15) is 6.54 Å². The molecule has 2 heterocycles. The Hall–Kier alpha value is -2.65. The summed E-state index contributed by atoms with van der Waals surface area (Å²) in [6.07, 6.45) is 0.756. The van der Waals surface area contributed by atoms with Gasteiger partial charge >= 0.3 is 0 Å². The number of nitrogens with zero attached hydrogens (tertiary/aromatic N) is 3. The number of hydrogen-bond donors (Lipinski definition) is 1. The maximum Gasteiger partial charge on any atom is 0.254 e. The molecule has 0 radical (unpaired) electrons. The van der Waals surface area contributed by atoms with Crippen molar-refractivity contribution in [3.8, 4) is 11.5 Å². The van der Waals surface area contributed by atoms with E-state index in [2.05, 4.69) is 10.3 Å². The van der Waals surface area contributed by atoms with E-state index in [0.29, 0.717) is 28.7 Å². The molecule has 1 aliphatic heterocycles. The average molecular weight is 419 g/mol. The third-order valence-electron chi connectivity index (χ3n) is 4.55. The van der Waals surface area contributed by atoms with Crippen LogP contribution in [0.1, 0.15) is 27.3 Å². The van der Waals surface area contributed by atoms with Gasteiger partial charge in [0.15, 0.2) is 16.6 Å². The average Bonchev–Trinajstić information content (AvgIpc) is 3.25. The summed E-state index contributed by atoms with van der Waals surface area (Å²) in [5.41, 5.74) is 1.36. The number of ether oxygens (including phenoxy) is 2. The number of thiazole rings is 1. The fourth-order valence-electron chi connectivity index (χ4n) is 2.90. The van der Waals surface area contributed by atoms with Crippen molar-refractivity contribution in [2.24, 2.45) is 0 Å². The largest absolute Gasteiger partial charge is 0.454 e. The van der Waals surface area contributed by atoms with Crippen LogP contribution in [0.25, 0.3) is 0 Å². The molecular weight excluding hydrogens is 392 g/mol. The lowest BCUT2D eigenvalue weighted by atomic mass is 10.1. The molecule has 8 nitrogen and oxygen atoms in total. The van der Waals surface area contributed by atoms with Crippen molar-refractivity contribution < 1.29 is 19.1 Å². The zero-order valence-corrected chi connectivity index (χ0v) is 18.0. The molecule has 0 saturated carbocycles. The van der Waals surface area contributed by atoms with E-state index in [1.54, 1.807) is 23.1 Å². The van der Waals surface area contributed by atoms with Crippen molar-refractivity contribution >= 4 is 28.3 Å². The fourth-order valence-corrected chi connectivity index (χ4v) is 3.73. The molecule has 2 aromatic rings. The molecule has 1 aromatic carbocycles. The molecule has 2 amide bonds. The first-order valence-electron chi connectivity index (χ1n) is 9.41. The molecule has 0 aliphatic carbocycles. The molecule has 0 unspecified atom stereocenters. The van der Waals surface area contributed by atoms with Crippen LogP contribution in [0.5, 0.6) is 11.5 Å². The first kappa shape index (κ1) is 21.1. The summed E-state index contributed by atoms with van der Waals surface area (Å²) in [7, 11) is 3.95. The summed E-state index contributed by atoms with van der Waals surface area (Å²) in [4.78, 5) is 34.7. The van der Waals surface area contributed by atoms with Crippen molar-refractivity contribution in [1.82, 2.24) is 14.8 Å². The van der Waals surface area contributed by atoms with E-state index in [4.69, 9.17) is 9.47 Å². The Morgan fingerprint density at radius 1 is 1.17 bits per heavy atom. The van der Waals surface area contributed by atoms with Crippen molar-refractivity contribution in [1.29, 1.82) is 0 Å². The molecule has 29 heavy (non-hydrogen) atoms. The second-order valence-electron chi connectivity index (χ2n) is 7.16. The molecular formula is C20H26N4O4S. The van der Waals surface area contributed by atoms with Gasteiger partial charge in [-0.25, -0.2) is 4.98 Å². The van der Waals surface area contributed by atoms with Crippen LogP contribution in [-0.2, 0) is 4.79 Å². The lowest BCUT2D eigenvalue weighted by molar-refractivity contribution is -0.116. The van der Waals surface area contributed by atoms with Crippen molar-refractivity contribution in [2.45, 2.75) is 20.3 Å². The Morgan fingerprint density at radius 3 is 2.62 bits per heavy atom. The van der Waals surface area contributed by atoms with E-state index in [0.717, 1.165) is 23.5 Å². The minimum absolute atomic E-state index is 0.0433. The van der Waals surface area contributed by atoms with Crippen molar-refractivity contribution in [3.05, 3.63) is 34.3 Å². The summed E-state index contributed by atoms with van der Waals surface area (Å²) in [6.45, 7) is 5.25. The standard InChI is InChI=1S/C20H26N4O4S/c1-13-14(2)29-20(21-13)22-18(25)11-24(9-5-8-23(3)4)19(26)15-6-7-16-17(10-15)28-12-27-16/h6-7,10H,5,8-9,11-12H2,1-4H3,(H,21,22,25). The number of anilines is 1. The highest BCUT2D eigenvalue weighted by Gasteiger charge is 2.22. The first-order valence-corrected chi connectivity index (χ1v) is 10.2. The summed E-state index contributed by atoms with van der Waals surface area (Å²) < 4.78 is 10.7. The summed E-state index contributed by atoms with van der Waals surface area (Å²) >= 11 is 1.43. The second-order valence-corrected chi connectivity index (χ2v) is 8.36. The maximum atomic E-state index is 13.1. The Morgan fingerprint density at radius 2 is 1.93 bits per heavy atom. The van der Waals surface area contributed by atoms with Crippen LogP contribution < -0.4 is 14.8 Å². The first-order chi connectivity index (χ1) is 13.8. The number of rotatable bonds is 8. The molecule has 0 spiro atoms. The summed E-state index contributed by atoms with van der Waals surface area (Å²) in [6, 6.07) is 5.07. The molecule has 1 aromatic heterocycles. The van der Waals surface area contributed by atoms with Crippen LogP contribution in [-0.4, -0.2) is 67.1 Å². The van der Waals surface area contributed by atoms with Gasteiger partial charge in [0, 0.05) is 17.0 Å². The van der Waals surface area contributed by atoms with Gasteiger partial charge in [0.2, 0.25) is 12.7 Å². The predicted octanol–water partition coefficient (Wildman–Crippen LogP) is 2.52. The lowest BCUT2D eigenvalue weighted by Crippen LogP contribution is -2.39. The monoisotopic (exact) mass is 418 g/mol. The number of carbonyl (C=O) groups is 2. The molecule has 1 N–H and O–H groups in total. The SMILES string of the molecule is Cc1nc(NC(=O)CN(CCCN(C)C)C(=O)c2ccc3c(c2)OCO3)sc1C. The zero-order valence-electron chi connectivity index (χ0n) is 17.2. The van der Waals surface area contributed by atoms with Crippen molar-refractivity contribution in [3.63, 3.8) is 0 Å². The van der Waals surface area contributed by atoms with Crippen LogP contribution in [0, 0.1) is 13.8 Å². The number of benzene rings is 1.